The van der Waals surface area contributed by atoms with Gasteiger partial charge in [-0.3, -0.25) is 4.79 Å². The van der Waals surface area contributed by atoms with Crippen LogP contribution in [0.2, 0.25) is 0 Å². The number of β-amino-alcohol motifs (C(OH)–C–C–N with tert-alkyl or cyclic N) is 1. The summed E-state index contributed by atoms with van der Waals surface area (Å²) in [7, 11) is 1.58. The van der Waals surface area contributed by atoms with Gasteiger partial charge in [0.25, 0.3) is 5.91 Å². The van der Waals surface area contributed by atoms with Gasteiger partial charge in [0.1, 0.15) is 16.4 Å². The van der Waals surface area contributed by atoms with Crippen LogP contribution in [0.4, 0.5) is 5.82 Å². The van der Waals surface area contributed by atoms with Crippen molar-refractivity contribution in [3.63, 3.8) is 0 Å². The maximum absolute atomic E-state index is 13.4. The Labute approximate surface area is 195 Å². The number of aliphatic hydroxyl groups excluding tert-OH is 1. The zero-order valence-electron chi connectivity index (χ0n) is 18.6. The van der Waals surface area contributed by atoms with E-state index < -0.39 is 12.0 Å². The van der Waals surface area contributed by atoms with Gasteiger partial charge in [0.05, 0.1) is 36.9 Å². The van der Waals surface area contributed by atoms with Crippen LogP contribution in [-0.4, -0.2) is 63.4 Å². The van der Waals surface area contributed by atoms with E-state index in [2.05, 4.69) is 6.07 Å². The van der Waals surface area contributed by atoms with Gasteiger partial charge >= 0.3 is 0 Å². The largest absolute Gasteiger partial charge is 0.495 e. The fourth-order valence-corrected chi connectivity index (χ4v) is 5.63. The van der Waals surface area contributed by atoms with E-state index in [1.54, 1.807) is 11.6 Å². The molecular formula is C23H26N6O3S. The molecule has 0 aromatic carbocycles. The standard InChI is InChI=1S/C23H26N6O3S/c1-14-11-29-20(25-22(14)27-12-15(10-24)18(30)13-27)9-16(26-29)17-5-3-4-7-28(17)23(31)21-19(32-2)6-8-33-21/h6,8-9,11,15,17-18,30H,3-5,7,12-13H2,1-2H3/t15-,17+,18+/m1/s1. The van der Waals surface area contributed by atoms with Gasteiger partial charge in [-0.2, -0.15) is 10.4 Å². The maximum atomic E-state index is 13.4. The van der Waals surface area contributed by atoms with E-state index in [0.29, 0.717) is 35.9 Å². The Bertz CT molecular complexity index is 1230. The number of nitriles is 1. The van der Waals surface area contributed by atoms with Crippen molar-refractivity contribution in [1.29, 1.82) is 5.26 Å². The number of likely N-dealkylation sites (tertiary alicyclic amines) is 1. The Morgan fingerprint density at radius 2 is 2.21 bits per heavy atom. The Morgan fingerprint density at radius 1 is 1.36 bits per heavy atom. The van der Waals surface area contributed by atoms with E-state index in [-0.39, 0.29) is 11.9 Å². The molecule has 0 aliphatic carbocycles. The summed E-state index contributed by atoms with van der Waals surface area (Å²) in [6.07, 6.45) is 4.08. The number of piperidine rings is 1. The maximum Gasteiger partial charge on any atom is 0.268 e. The zero-order valence-corrected chi connectivity index (χ0v) is 19.5. The van der Waals surface area contributed by atoms with E-state index in [9.17, 15) is 15.2 Å². The lowest BCUT2D eigenvalue weighted by Crippen LogP contribution is -2.38. The number of rotatable bonds is 4. The minimum atomic E-state index is -0.677. The number of hydrogen-bond acceptors (Lipinski definition) is 8. The predicted octanol–water partition coefficient (Wildman–Crippen LogP) is 2.80. The second-order valence-corrected chi connectivity index (χ2v) is 9.57. The first-order chi connectivity index (χ1) is 16.0. The normalized spacial score (nSPS) is 23.2. The number of hydrogen-bond donors (Lipinski definition) is 1. The first-order valence-electron chi connectivity index (χ1n) is 11.1. The van der Waals surface area contributed by atoms with Crippen molar-refractivity contribution in [3.05, 3.63) is 39.8 Å². The van der Waals surface area contributed by atoms with Crippen molar-refractivity contribution in [2.45, 2.75) is 38.3 Å². The quantitative estimate of drug-likeness (QED) is 0.630. The molecule has 0 bridgehead atoms. The molecule has 1 N–H and O–H groups in total. The van der Waals surface area contributed by atoms with Gasteiger partial charge in [0.15, 0.2) is 5.65 Å². The number of thiophene rings is 1. The summed E-state index contributed by atoms with van der Waals surface area (Å²) in [4.78, 5) is 22.6. The molecule has 3 aromatic rings. The van der Waals surface area contributed by atoms with E-state index in [0.717, 1.165) is 36.3 Å². The van der Waals surface area contributed by atoms with Gasteiger partial charge in [-0.1, -0.05) is 0 Å². The third kappa shape index (κ3) is 3.81. The summed E-state index contributed by atoms with van der Waals surface area (Å²) in [6, 6.07) is 5.81. The highest BCUT2D eigenvalue weighted by Gasteiger charge is 2.34. The first kappa shape index (κ1) is 21.7. The molecule has 3 aromatic heterocycles. The van der Waals surface area contributed by atoms with Crippen molar-refractivity contribution in [2.24, 2.45) is 5.92 Å². The molecule has 5 rings (SSSR count). The van der Waals surface area contributed by atoms with Crippen molar-refractivity contribution < 1.29 is 14.6 Å². The van der Waals surface area contributed by atoms with Gasteiger partial charge in [-0.25, -0.2) is 9.50 Å². The molecule has 0 unspecified atom stereocenters. The number of nitrogens with zero attached hydrogens (tertiary/aromatic N) is 6. The van der Waals surface area contributed by atoms with E-state index in [4.69, 9.17) is 14.8 Å². The van der Waals surface area contributed by atoms with Crippen LogP contribution >= 0.6 is 11.3 Å². The van der Waals surface area contributed by atoms with Gasteiger partial charge < -0.3 is 19.6 Å². The molecule has 33 heavy (non-hydrogen) atoms. The number of ether oxygens (including phenoxy) is 1. The van der Waals surface area contributed by atoms with Crippen molar-refractivity contribution in [3.8, 4) is 11.8 Å². The Hall–Kier alpha value is -3.16. The number of amides is 1. The number of fused-ring (bicyclic) bond motifs is 1. The van der Waals surface area contributed by atoms with Crippen LogP contribution < -0.4 is 9.64 Å². The number of carbonyl (C=O) groups is 1. The second-order valence-electron chi connectivity index (χ2n) is 8.66. The summed E-state index contributed by atoms with van der Waals surface area (Å²) in [6.45, 7) is 3.47. The Morgan fingerprint density at radius 3 is 2.97 bits per heavy atom. The molecular weight excluding hydrogens is 440 g/mol. The van der Waals surface area contributed by atoms with E-state index in [1.165, 1.54) is 11.3 Å². The zero-order chi connectivity index (χ0) is 23.1. The second kappa shape index (κ2) is 8.65. The summed E-state index contributed by atoms with van der Waals surface area (Å²) >= 11 is 1.40. The van der Waals surface area contributed by atoms with Crippen molar-refractivity contribution >= 4 is 28.7 Å². The SMILES string of the molecule is COc1ccsc1C(=O)N1CCCC[C@H]1c1cc2nc(N3C[C@@H](C#N)[C@@H](O)C3)c(C)cn2n1. The highest BCUT2D eigenvalue weighted by atomic mass is 32.1. The summed E-state index contributed by atoms with van der Waals surface area (Å²) in [5, 5.41) is 26.0. The topological polar surface area (TPSA) is 107 Å². The number of aryl methyl sites for hydroxylation is 1. The number of anilines is 1. The van der Waals surface area contributed by atoms with Crippen LogP contribution in [-0.2, 0) is 0 Å². The minimum Gasteiger partial charge on any atom is -0.495 e. The Kier molecular flexibility index (Phi) is 5.68. The lowest BCUT2D eigenvalue weighted by molar-refractivity contribution is 0.0608. The molecule has 2 aliphatic heterocycles. The minimum absolute atomic E-state index is 0.0259. The summed E-state index contributed by atoms with van der Waals surface area (Å²) in [5.41, 5.74) is 2.42. The van der Waals surface area contributed by atoms with E-state index >= 15 is 0 Å². The third-order valence-corrected chi connectivity index (χ3v) is 7.41. The highest BCUT2D eigenvalue weighted by Crippen LogP contribution is 2.35. The molecule has 5 heterocycles. The van der Waals surface area contributed by atoms with Crippen LogP contribution in [0.3, 0.4) is 0 Å². The van der Waals surface area contributed by atoms with Gasteiger partial charge in [0, 0.05) is 37.5 Å². The van der Waals surface area contributed by atoms with Crippen LogP contribution in [0.5, 0.6) is 5.75 Å². The smallest absolute Gasteiger partial charge is 0.268 e. The molecule has 172 valence electrons. The average Bonchev–Trinajstić information content (AvgIpc) is 3.55. The Balaban J connectivity index is 1.46. The van der Waals surface area contributed by atoms with Crippen LogP contribution in [0.1, 0.15) is 46.2 Å². The number of methoxy groups -OCH3 is 1. The van der Waals surface area contributed by atoms with Crippen LogP contribution in [0.15, 0.2) is 23.7 Å². The fourth-order valence-electron chi connectivity index (χ4n) is 4.82. The molecule has 2 saturated heterocycles. The first-order valence-corrected chi connectivity index (χ1v) is 12.0. The molecule has 10 heteroatoms. The molecule has 1 amide bonds. The number of carbonyl (C=O) groups excluding carboxylic acids is 1. The highest BCUT2D eigenvalue weighted by molar-refractivity contribution is 7.12. The van der Waals surface area contributed by atoms with Gasteiger partial charge in [0.2, 0.25) is 0 Å². The molecule has 2 fully saturated rings. The van der Waals surface area contributed by atoms with Gasteiger partial charge in [-0.15, -0.1) is 11.3 Å². The average molecular weight is 467 g/mol. The third-order valence-electron chi connectivity index (χ3n) is 6.53. The molecule has 0 radical (unpaired) electrons. The molecule has 0 saturated carbocycles. The molecule has 3 atom stereocenters. The lowest BCUT2D eigenvalue weighted by Gasteiger charge is -2.34. The summed E-state index contributed by atoms with van der Waals surface area (Å²) in [5.74, 6) is 0.918. The molecule has 9 nitrogen and oxygen atoms in total. The van der Waals surface area contributed by atoms with Crippen molar-refractivity contribution in [2.75, 3.05) is 31.6 Å². The van der Waals surface area contributed by atoms with Crippen LogP contribution in [0.25, 0.3) is 5.65 Å². The summed E-state index contributed by atoms with van der Waals surface area (Å²) < 4.78 is 7.13. The number of aliphatic hydroxyl groups is 1. The number of aromatic nitrogens is 3. The molecule has 0 spiro atoms. The van der Waals surface area contributed by atoms with Crippen LogP contribution in [0, 0.1) is 24.2 Å². The predicted molar refractivity (Wildman–Crippen MR) is 124 cm³/mol. The molecule has 2 aliphatic rings. The monoisotopic (exact) mass is 466 g/mol. The van der Waals surface area contributed by atoms with Crippen molar-refractivity contribution in [1.82, 2.24) is 19.5 Å². The van der Waals surface area contributed by atoms with E-state index in [1.807, 2.05) is 40.4 Å². The fraction of sp³-hybridized carbons (Fsp3) is 0.478. The lowest BCUT2D eigenvalue weighted by atomic mass is 9.99. The van der Waals surface area contributed by atoms with Gasteiger partial charge in [-0.05, 0) is 37.6 Å².